The summed E-state index contributed by atoms with van der Waals surface area (Å²) in [5.41, 5.74) is 1.49. The number of carbonyl (C=O) groups is 2. The van der Waals surface area contributed by atoms with Gasteiger partial charge in [0.2, 0.25) is 0 Å². The van der Waals surface area contributed by atoms with E-state index in [1.165, 1.54) is 5.56 Å². The standard InChI is InChI=1S/C25H37NO4/c1-16(2)30-15-9-14-26-20(17-10-12-18(13-11-17)24(3,4)5)19(21(27)23(26)29)22(28)25(6,7)8/h10-13,16,20,27H,9,14-15H2,1-8H3. The maximum atomic E-state index is 13.2. The first-order valence-electron chi connectivity index (χ1n) is 10.8. The largest absolute Gasteiger partial charge is 0.503 e. The highest BCUT2D eigenvalue weighted by Gasteiger charge is 2.45. The molecule has 0 bridgehead atoms. The summed E-state index contributed by atoms with van der Waals surface area (Å²) in [6.07, 6.45) is 0.745. The average molecular weight is 416 g/mol. The Bertz CT molecular complexity index is 807. The Labute approximate surface area is 181 Å². The molecule has 0 fully saturated rings. The molecule has 1 aliphatic heterocycles. The van der Waals surface area contributed by atoms with Gasteiger partial charge in [-0.05, 0) is 36.8 Å². The van der Waals surface area contributed by atoms with Crippen LogP contribution < -0.4 is 0 Å². The van der Waals surface area contributed by atoms with Gasteiger partial charge in [-0.2, -0.15) is 0 Å². The highest BCUT2D eigenvalue weighted by Crippen LogP contribution is 2.41. The number of rotatable bonds is 7. The van der Waals surface area contributed by atoms with Crippen LogP contribution in [0.3, 0.4) is 0 Å². The summed E-state index contributed by atoms with van der Waals surface area (Å²) in [7, 11) is 0. The minimum atomic E-state index is -0.704. The van der Waals surface area contributed by atoms with E-state index in [2.05, 4.69) is 20.8 Å². The van der Waals surface area contributed by atoms with Crippen molar-refractivity contribution in [2.75, 3.05) is 13.2 Å². The molecule has 0 aliphatic carbocycles. The molecule has 1 heterocycles. The molecule has 1 aliphatic rings. The van der Waals surface area contributed by atoms with E-state index in [-0.39, 0.29) is 22.9 Å². The SMILES string of the molecule is CC(C)OCCCN1C(=O)C(O)=C(C(=O)C(C)(C)C)C1c1ccc(C(C)(C)C)cc1. The molecule has 0 aromatic heterocycles. The van der Waals surface area contributed by atoms with Crippen molar-refractivity contribution in [2.24, 2.45) is 5.41 Å². The molecule has 0 spiro atoms. The summed E-state index contributed by atoms with van der Waals surface area (Å²) >= 11 is 0. The molecule has 1 atom stereocenters. The quantitative estimate of drug-likeness (QED) is 0.629. The van der Waals surface area contributed by atoms with E-state index in [0.717, 1.165) is 5.56 Å². The van der Waals surface area contributed by atoms with E-state index in [0.29, 0.717) is 19.6 Å². The highest BCUT2D eigenvalue weighted by atomic mass is 16.5. The van der Waals surface area contributed by atoms with Crippen molar-refractivity contribution in [3.8, 4) is 0 Å². The molecule has 1 aromatic carbocycles. The minimum absolute atomic E-state index is 0.0000650. The second-order valence-corrected chi connectivity index (χ2v) is 10.4. The Kier molecular flexibility index (Phi) is 7.18. The first kappa shape index (κ1) is 24.1. The number of aliphatic hydroxyl groups is 1. The Morgan fingerprint density at radius 3 is 2.13 bits per heavy atom. The van der Waals surface area contributed by atoms with Crippen LogP contribution in [0.4, 0.5) is 0 Å². The number of carbonyl (C=O) groups excluding carboxylic acids is 2. The number of ketones is 1. The summed E-state index contributed by atoms with van der Waals surface area (Å²) in [4.78, 5) is 27.7. The van der Waals surface area contributed by atoms with Crippen LogP contribution in [-0.2, 0) is 19.7 Å². The van der Waals surface area contributed by atoms with E-state index >= 15 is 0 Å². The van der Waals surface area contributed by atoms with Gasteiger partial charge in [0.15, 0.2) is 11.5 Å². The molecule has 5 heteroatoms. The number of nitrogens with zero attached hydrogens (tertiary/aromatic N) is 1. The Morgan fingerprint density at radius 2 is 1.67 bits per heavy atom. The third kappa shape index (κ3) is 5.31. The first-order valence-corrected chi connectivity index (χ1v) is 10.8. The lowest BCUT2D eigenvalue weighted by atomic mass is 9.81. The zero-order valence-electron chi connectivity index (χ0n) is 19.7. The number of Topliss-reactive ketones (excluding diaryl/α,β-unsaturated/α-hetero) is 1. The molecule has 2 rings (SSSR count). The van der Waals surface area contributed by atoms with E-state index < -0.39 is 23.1 Å². The van der Waals surface area contributed by atoms with Gasteiger partial charge in [-0.3, -0.25) is 9.59 Å². The molecule has 5 nitrogen and oxygen atoms in total. The summed E-state index contributed by atoms with van der Waals surface area (Å²) < 4.78 is 5.61. The first-order chi connectivity index (χ1) is 13.7. The molecule has 166 valence electrons. The van der Waals surface area contributed by atoms with Crippen molar-refractivity contribution < 1.29 is 19.4 Å². The summed E-state index contributed by atoms with van der Waals surface area (Å²) in [5, 5.41) is 10.7. The molecule has 1 amide bonds. The van der Waals surface area contributed by atoms with Crippen LogP contribution in [0, 0.1) is 5.41 Å². The lowest BCUT2D eigenvalue weighted by Crippen LogP contribution is -2.34. The maximum Gasteiger partial charge on any atom is 0.290 e. The highest BCUT2D eigenvalue weighted by molar-refractivity contribution is 6.10. The minimum Gasteiger partial charge on any atom is -0.503 e. The third-order valence-electron chi connectivity index (χ3n) is 5.32. The number of amides is 1. The Morgan fingerprint density at radius 1 is 1.10 bits per heavy atom. The second-order valence-electron chi connectivity index (χ2n) is 10.4. The number of aliphatic hydroxyl groups excluding tert-OH is 1. The van der Waals surface area contributed by atoms with Crippen LogP contribution in [0.1, 0.15) is 79.0 Å². The van der Waals surface area contributed by atoms with E-state index in [1.807, 2.05) is 38.1 Å². The Hall–Kier alpha value is -2.14. The van der Waals surface area contributed by atoms with Crippen LogP contribution in [0.2, 0.25) is 0 Å². The van der Waals surface area contributed by atoms with Crippen molar-refractivity contribution >= 4 is 11.7 Å². The van der Waals surface area contributed by atoms with Gasteiger partial charge in [-0.1, -0.05) is 65.8 Å². The average Bonchev–Trinajstić information content (AvgIpc) is 2.87. The van der Waals surface area contributed by atoms with Gasteiger partial charge in [0.05, 0.1) is 17.7 Å². The van der Waals surface area contributed by atoms with Gasteiger partial charge >= 0.3 is 0 Å². The predicted octanol–water partition coefficient (Wildman–Crippen LogP) is 5.11. The van der Waals surface area contributed by atoms with Crippen molar-refractivity contribution in [1.29, 1.82) is 0 Å². The molecule has 0 saturated heterocycles. The van der Waals surface area contributed by atoms with Crippen LogP contribution in [-0.4, -0.2) is 41.0 Å². The van der Waals surface area contributed by atoms with Crippen molar-refractivity contribution in [2.45, 2.75) is 79.4 Å². The van der Waals surface area contributed by atoms with Crippen molar-refractivity contribution in [1.82, 2.24) is 4.90 Å². The van der Waals surface area contributed by atoms with Crippen LogP contribution in [0.5, 0.6) is 0 Å². The van der Waals surface area contributed by atoms with E-state index in [9.17, 15) is 14.7 Å². The molecule has 1 aromatic rings. The molecule has 0 radical (unpaired) electrons. The van der Waals surface area contributed by atoms with Crippen molar-refractivity contribution in [3.63, 3.8) is 0 Å². The van der Waals surface area contributed by atoms with E-state index in [4.69, 9.17) is 4.74 Å². The van der Waals surface area contributed by atoms with Gasteiger partial charge in [-0.15, -0.1) is 0 Å². The molecule has 30 heavy (non-hydrogen) atoms. The molecule has 0 saturated carbocycles. The van der Waals surface area contributed by atoms with Crippen LogP contribution >= 0.6 is 0 Å². The van der Waals surface area contributed by atoms with Gasteiger partial charge in [0.25, 0.3) is 5.91 Å². The number of hydrogen-bond donors (Lipinski definition) is 1. The van der Waals surface area contributed by atoms with Gasteiger partial charge in [0, 0.05) is 18.6 Å². The maximum absolute atomic E-state index is 13.2. The van der Waals surface area contributed by atoms with Gasteiger partial charge in [-0.25, -0.2) is 0 Å². The third-order valence-corrected chi connectivity index (χ3v) is 5.32. The molecule has 1 N–H and O–H groups in total. The number of ether oxygens (including phenoxy) is 1. The van der Waals surface area contributed by atoms with Crippen LogP contribution in [0.25, 0.3) is 0 Å². The summed E-state index contributed by atoms with van der Waals surface area (Å²) in [5.74, 6) is -1.12. The predicted molar refractivity (Wildman–Crippen MR) is 119 cm³/mol. The zero-order chi connectivity index (χ0) is 22.9. The lowest BCUT2D eigenvalue weighted by Gasteiger charge is -2.29. The molecular weight excluding hydrogens is 378 g/mol. The number of benzene rings is 1. The lowest BCUT2D eigenvalue weighted by molar-refractivity contribution is -0.129. The summed E-state index contributed by atoms with van der Waals surface area (Å²) in [6, 6.07) is 7.41. The van der Waals surface area contributed by atoms with Gasteiger partial charge < -0.3 is 14.7 Å². The molecular formula is C25H37NO4. The fourth-order valence-corrected chi connectivity index (χ4v) is 3.59. The fraction of sp³-hybridized carbons (Fsp3) is 0.600. The monoisotopic (exact) mass is 415 g/mol. The topological polar surface area (TPSA) is 66.8 Å². The second kappa shape index (κ2) is 8.93. The Balaban J connectivity index is 2.43. The van der Waals surface area contributed by atoms with Crippen molar-refractivity contribution in [3.05, 3.63) is 46.7 Å². The summed E-state index contributed by atoms with van der Waals surface area (Å²) in [6.45, 7) is 16.7. The zero-order valence-corrected chi connectivity index (χ0v) is 19.7. The molecule has 1 unspecified atom stereocenters. The number of hydrogen-bond acceptors (Lipinski definition) is 4. The smallest absolute Gasteiger partial charge is 0.290 e. The normalized spacial score (nSPS) is 18.0. The van der Waals surface area contributed by atoms with Gasteiger partial charge in [0.1, 0.15) is 0 Å². The van der Waals surface area contributed by atoms with E-state index in [1.54, 1.807) is 25.7 Å². The fourth-order valence-electron chi connectivity index (χ4n) is 3.59. The van der Waals surface area contributed by atoms with Crippen LogP contribution in [0.15, 0.2) is 35.6 Å².